The maximum absolute atomic E-state index is 2.45. The second-order valence-corrected chi connectivity index (χ2v) is 15.6. The molecule has 1 aliphatic rings. The van der Waals surface area contributed by atoms with Crippen molar-refractivity contribution in [2.45, 2.75) is 19.3 Å². The highest BCUT2D eigenvalue weighted by Crippen LogP contribution is 2.54. The Morgan fingerprint density at radius 2 is 0.800 bits per heavy atom. The Morgan fingerprint density at radius 1 is 0.273 bits per heavy atom. The minimum absolute atomic E-state index is 0.130. The monoisotopic (exact) mass is 698 g/mol. The number of rotatable bonds is 4. The molecule has 0 radical (unpaired) electrons. The number of hydrogen-bond acceptors (Lipinski definition) is 0. The van der Waals surface area contributed by atoms with Crippen molar-refractivity contribution in [1.82, 2.24) is 0 Å². The van der Waals surface area contributed by atoms with Crippen molar-refractivity contribution in [3.63, 3.8) is 0 Å². The van der Waals surface area contributed by atoms with Gasteiger partial charge in [0.2, 0.25) is 0 Å². The molecular weight excluding hydrogens is 661 g/mol. The van der Waals surface area contributed by atoms with Crippen LogP contribution in [0, 0.1) is 0 Å². The van der Waals surface area contributed by atoms with Crippen molar-refractivity contribution >= 4 is 43.1 Å². The van der Waals surface area contributed by atoms with Crippen molar-refractivity contribution in [2.24, 2.45) is 0 Å². The minimum Gasteiger partial charge on any atom is -0.0622 e. The summed E-state index contributed by atoms with van der Waals surface area (Å²) in [6.45, 7) is 4.79. The van der Waals surface area contributed by atoms with Gasteiger partial charge in [0.05, 0.1) is 0 Å². The van der Waals surface area contributed by atoms with Crippen LogP contribution < -0.4 is 0 Å². The van der Waals surface area contributed by atoms with Gasteiger partial charge >= 0.3 is 0 Å². The van der Waals surface area contributed by atoms with E-state index in [0.717, 1.165) is 0 Å². The predicted octanol–water partition coefficient (Wildman–Crippen LogP) is 15.3. The fraction of sp³-hybridized carbons (Fsp3) is 0.0545. The molecule has 10 aromatic rings. The van der Waals surface area contributed by atoms with Gasteiger partial charge in [0, 0.05) is 5.41 Å². The molecule has 0 saturated heterocycles. The summed E-state index contributed by atoms with van der Waals surface area (Å²) >= 11 is 0. The Hall–Kier alpha value is -6.76. The van der Waals surface area contributed by atoms with Gasteiger partial charge in [-0.15, -0.1) is 0 Å². The van der Waals surface area contributed by atoms with Crippen LogP contribution in [0.15, 0.2) is 194 Å². The highest BCUT2D eigenvalue weighted by molar-refractivity contribution is 6.25. The zero-order valence-corrected chi connectivity index (χ0v) is 31.0. The average molecular weight is 699 g/mol. The Balaban J connectivity index is 1.14. The SMILES string of the molecule is CC1(C)c2cc(-c3ccc4ccccc4c3)ccc2-c2c1ccc1c(-c3c4ccccc4c(-c4ccccc4-c4ccccc4)c4ccccc34)cccc21. The van der Waals surface area contributed by atoms with Gasteiger partial charge in [-0.3, -0.25) is 0 Å². The summed E-state index contributed by atoms with van der Waals surface area (Å²) in [6, 6.07) is 72.1. The van der Waals surface area contributed by atoms with Gasteiger partial charge in [0.15, 0.2) is 0 Å². The van der Waals surface area contributed by atoms with Crippen LogP contribution in [0.5, 0.6) is 0 Å². The first-order valence-corrected chi connectivity index (χ1v) is 19.4. The van der Waals surface area contributed by atoms with E-state index in [9.17, 15) is 0 Å². The highest BCUT2D eigenvalue weighted by Gasteiger charge is 2.37. The van der Waals surface area contributed by atoms with Crippen LogP contribution in [0.4, 0.5) is 0 Å². The molecule has 0 nitrogen and oxygen atoms in total. The van der Waals surface area contributed by atoms with Crippen LogP contribution in [0.25, 0.3) is 98.7 Å². The Morgan fingerprint density at radius 3 is 1.53 bits per heavy atom. The molecule has 0 N–H and O–H groups in total. The van der Waals surface area contributed by atoms with E-state index in [1.54, 1.807) is 0 Å². The molecule has 11 rings (SSSR count). The van der Waals surface area contributed by atoms with E-state index in [-0.39, 0.29) is 5.41 Å². The van der Waals surface area contributed by atoms with Crippen LogP contribution in [0.1, 0.15) is 25.0 Å². The van der Waals surface area contributed by atoms with Gasteiger partial charge in [-0.2, -0.15) is 0 Å². The zero-order valence-electron chi connectivity index (χ0n) is 31.0. The molecular formula is C55H38. The summed E-state index contributed by atoms with van der Waals surface area (Å²) in [4.78, 5) is 0. The summed E-state index contributed by atoms with van der Waals surface area (Å²) in [6.07, 6.45) is 0. The summed E-state index contributed by atoms with van der Waals surface area (Å²) in [5.41, 5.74) is 15.5. The molecule has 55 heavy (non-hydrogen) atoms. The number of benzene rings is 10. The molecule has 0 saturated carbocycles. The summed E-state index contributed by atoms with van der Waals surface area (Å²) in [7, 11) is 0. The first-order valence-electron chi connectivity index (χ1n) is 19.4. The quantitative estimate of drug-likeness (QED) is 0.161. The van der Waals surface area contributed by atoms with Crippen LogP contribution in [0.2, 0.25) is 0 Å². The van der Waals surface area contributed by atoms with E-state index in [4.69, 9.17) is 0 Å². The van der Waals surface area contributed by atoms with Gasteiger partial charge in [-0.05, 0) is 122 Å². The molecule has 0 spiro atoms. The van der Waals surface area contributed by atoms with Gasteiger partial charge in [-0.1, -0.05) is 196 Å². The van der Waals surface area contributed by atoms with E-state index in [1.807, 2.05) is 0 Å². The van der Waals surface area contributed by atoms with E-state index < -0.39 is 0 Å². The predicted molar refractivity (Wildman–Crippen MR) is 236 cm³/mol. The first kappa shape index (κ1) is 31.7. The van der Waals surface area contributed by atoms with E-state index in [0.29, 0.717) is 0 Å². The van der Waals surface area contributed by atoms with Crippen LogP contribution in [-0.4, -0.2) is 0 Å². The second-order valence-electron chi connectivity index (χ2n) is 15.6. The van der Waals surface area contributed by atoms with E-state index in [1.165, 1.54) is 110 Å². The van der Waals surface area contributed by atoms with Crippen molar-refractivity contribution in [3.8, 4) is 55.6 Å². The molecule has 0 aliphatic heterocycles. The molecule has 0 fully saturated rings. The summed E-state index contributed by atoms with van der Waals surface area (Å²) in [5, 5.41) is 10.2. The highest BCUT2D eigenvalue weighted by atomic mass is 14.4. The lowest BCUT2D eigenvalue weighted by Crippen LogP contribution is -2.15. The third-order valence-corrected chi connectivity index (χ3v) is 12.3. The summed E-state index contributed by atoms with van der Waals surface area (Å²) in [5.74, 6) is 0. The largest absolute Gasteiger partial charge is 0.0622 e. The maximum Gasteiger partial charge on any atom is 0.0159 e. The zero-order chi connectivity index (χ0) is 36.7. The first-order chi connectivity index (χ1) is 27.1. The van der Waals surface area contributed by atoms with Gasteiger partial charge < -0.3 is 0 Å². The molecule has 1 aliphatic carbocycles. The molecule has 0 heteroatoms. The Bertz CT molecular complexity index is 3100. The van der Waals surface area contributed by atoms with E-state index >= 15 is 0 Å². The summed E-state index contributed by atoms with van der Waals surface area (Å²) < 4.78 is 0. The van der Waals surface area contributed by atoms with Crippen molar-refractivity contribution < 1.29 is 0 Å². The lowest BCUT2D eigenvalue weighted by Gasteiger charge is -2.23. The van der Waals surface area contributed by atoms with Gasteiger partial charge in [-0.25, -0.2) is 0 Å². The maximum atomic E-state index is 2.45. The van der Waals surface area contributed by atoms with Crippen molar-refractivity contribution in [1.29, 1.82) is 0 Å². The molecule has 0 bridgehead atoms. The lowest BCUT2D eigenvalue weighted by molar-refractivity contribution is 0.661. The Labute approximate surface area is 322 Å². The smallest absolute Gasteiger partial charge is 0.0159 e. The lowest BCUT2D eigenvalue weighted by atomic mass is 9.80. The molecule has 0 atom stereocenters. The fourth-order valence-corrected chi connectivity index (χ4v) is 9.64. The molecule has 0 amide bonds. The number of hydrogen-bond donors (Lipinski definition) is 0. The van der Waals surface area contributed by atoms with Crippen LogP contribution in [0.3, 0.4) is 0 Å². The van der Waals surface area contributed by atoms with E-state index in [2.05, 4.69) is 208 Å². The molecule has 0 heterocycles. The molecule has 10 aromatic carbocycles. The standard InChI is InChI=1S/C55H38/c1-55(2)50-32-31-41-43(25-14-26-44(41)54(50)49-30-29-39(34-51(49)55)38-28-27-35-15-6-7-18-37(35)33-38)53-47-23-12-10-21-45(47)52(46-22-11-13-24-48(46)53)42-20-9-8-19-40(42)36-16-4-3-5-17-36/h3-34H,1-2H3. The molecule has 0 aromatic heterocycles. The Kier molecular flexibility index (Phi) is 7.00. The average Bonchev–Trinajstić information content (AvgIpc) is 3.48. The second kappa shape index (κ2) is 12.1. The third-order valence-electron chi connectivity index (χ3n) is 12.3. The molecule has 258 valence electrons. The minimum atomic E-state index is -0.130. The number of fused-ring (bicyclic) bond motifs is 8. The van der Waals surface area contributed by atoms with Crippen LogP contribution >= 0.6 is 0 Å². The normalized spacial score (nSPS) is 13.1. The molecule has 0 unspecified atom stereocenters. The third kappa shape index (κ3) is 4.78. The van der Waals surface area contributed by atoms with Gasteiger partial charge in [0.25, 0.3) is 0 Å². The van der Waals surface area contributed by atoms with Crippen LogP contribution in [-0.2, 0) is 5.41 Å². The van der Waals surface area contributed by atoms with Crippen molar-refractivity contribution in [2.75, 3.05) is 0 Å². The van der Waals surface area contributed by atoms with Crippen molar-refractivity contribution in [3.05, 3.63) is 205 Å². The van der Waals surface area contributed by atoms with Gasteiger partial charge in [0.1, 0.15) is 0 Å². The fourth-order valence-electron chi connectivity index (χ4n) is 9.64. The topological polar surface area (TPSA) is 0 Å².